The minimum absolute atomic E-state index is 0.0303. The molecule has 0 aliphatic rings. The van der Waals surface area contributed by atoms with Crippen LogP contribution >= 0.6 is 0 Å². The molecule has 76 valence electrons. The van der Waals surface area contributed by atoms with Gasteiger partial charge in [-0.15, -0.1) is 0 Å². The Labute approximate surface area is 82.9 Å². The second kappa shape index (κ2) is 7.87. The van der Waals surface area contributed by atoms with Crippen molar-refractivity contribution in [2.75, 3.05) is 13.2 Å². The molecule has 0 bridgehead atoms. The number of ether oxygens (including phenoxy) is 2. The molecule has 0 saturated heterocycles. The van der Waals surface area contributed by atoms with Gasteiger partial charge in [-0.2, -0.15) is 0 Å². The van der Waals surface area contributed by atoms with Crippen molar-refractivity contribution in [3.8, 4) is 11.8 Å². The van der Waals surface area contributed by atoms with Crippen LogP contribution in [0.15, 0.2) is 12.2 Å². The summed E-state index contributed by atoms with van der Waals surface area (Å²) >= 11 is 0. The summed E-state index contributed by atoms with van der Waals surface area (Å²) in [5.74, 6) is 4.23. The van der Waals surface area contributed by atoms with Gasteiger partial charge >= 0.3 is 11.9 Å². The van der Waals surface area contributed by atoms with E-state index in [-0.39, 0.29) is 12.6 Å². The fraction of sp³-hybridized carbons (Fsp3) is 0.400. The van der Waals surface area contributed by atoms with Gasteiger partial charge in [0.25, 0.3) is 0 Å². The van der Waals surface area contributed by atoms with Crippen LogP contribution in [0.2, 0.25) is 0 Å². The Hall–Kier alpha value is -1.76. The predicted molar refractivity (Wildman–Crippen MR) is 50.2 cm³/mol. The molecule has 0 aromatic carbocycles. The van der Waals surface area contributed by atoms with E-state index in [9.17, 15) is 9.59 Å². The van der Waals surface area contributed by atoms with Crippen molar-refractivity contribution >= 4 is 11.9 Å². The second-order valence-corrected chi connectivity index (χ2v) is 2.19. The first kappa shape index (κ1) is 12.2. The van der Waals surface area contributed by atoms with Gasteiger partial charge < -0.3 is 9.47 Å². The smallest absolute Gasteiger partial charge is 0.331 e. The third-order valence-corrected chi connectivity index (χ3v) is 1.04. The Morgan fingerprint density at radius 2 is 2.07 bits per heavy atom. The van der Waals surface area contributed by atoms with Gasteiger partial charge in [-0.25, -0.2) is 4.79 Å². The first-order chi connectivity index (χ1) is 6.66. The molecule has 0 rings (SSSR count). The molecule has 0 N–H and O–H groups in total. The summed E-state index contributed by atoms with van der Waals surface area (Å²) in [6, 6.07) is 0. The number of rotatable bonds is 3. The van der Waals surface area contributed by atoms with E-state index in [4.69, 9.17) is 0 Å². The molecule has 0 aliphatic carbocycles. The average molecular weight is 196 g/mol. The van der Waals surface area contributed by atoms with Gasteiger partial charge in [-0.3, -0.25) is 4.79 Å². The van der Waals surface area contributed by atoms with Crippen molar-refractivity contribution in [2.24, 2.45) is 0 Å². The summed E-state index contributed by atoms with van der Waals surface area (Å²) in [5, 5.41) is 0. The largest absolute Gasteiger partial charge is 0.463 e. The minimum atomic E-state index is -0.436. The maximum atomic E-state index is 10.7. The summed E-state index contributed by atoms with van der Waals surface area (Å²) in [7, 11) is 0. The van der Waals surface area contributed by atoms with Crippen LogP contribution in [-0.4, -0.2) is 25.2 Å². The predicted octanol–water partition coefficient (Wildman–Crippen LogP) is 0.672. The SMILES string of the molecule is CCOC(=O)/C=C\C#CCOC(C)=O. The van der Waals surface area contributed by atoms with Crippen molar-refractivity contribution in [3.63, 3.8) is 0 Å². The van der Waals surface area contributed by atoms with E-state index in [1.165, 1.54) is 19.1 Å². The lowest BCUT2D eigenvalue weighted by atomic mass is 10.5. The monoisotopic (exact) mass is 196 g/mol. The molecule has 0 aliphatic heterocycles. The van der Waals surface area contributed by atoms with E-state index in [1.54, 1.807) is 6.92 Å². The van der Waals surface area contributed by atoms with Crippen LogP contribution in [0, 0.1) is 11.8 Å². The van der Waals surface area contributed by atoms with Crippen molar-refractivity contribution in [1.82, 2.24) is 0 Å². The molecule has 0 radical (unpaired) electrons. The fourth-order valence-electron chi connectivity index (χ4n) is 0.538. The highest BCUT2D eigenvalue weighted by atomic mass is 16.5. The molecule has 0 unspecified atom stereocenters. The molecule has 0 atom stereocenters. The number of esters is 2. The minimum Gasteiger partial charge on any atom is -0.463 e. The van der Waals surface area contributed by atoms with Crippen LogP contribution in [0.1, 0.15) is 13.8 Å². The molecule has 0 amide bonds. The molecule has 14 heavy (non-hydrogen) atoms. The fourth-order valence-corrected chi connectivity index (χ4v) is 0.538. The lowest BCUT2D eigenvalue weighted by Crippen LogP contribution is -1.98. The summed E-state index contributed by atoms with van der Waals surface area (Å²) < 4.78 is 9.14. The Bertz CT molecular complexity index is 280. The van der Waals surface area contributed by atoms with Crippen molar-refractivity contribution in [3.05, 3.63) is 12.2 Å². The van der Waals surface area contributed by atoms with Crippen molar-refractivity contribution < 1.29 is 19.1 Å². The number of carbonyl (C=O) groups excluding carboxylic acids is 2. The summed E-state index contributed by atoms with van der Waals surface area (Å²) in [4.78, 5) is 21.0. The first-order valence-electron chi connectivity index (χ1n) is 4.12. The molecular formula is C10H12O4. The topological polar surface area (TPSA) is 52.6 Å². The van der Waals surface area contributed by atoms with Gasteiger partial charge in [0.15, 0.2) is 6.61 Å². The number of hydrogen-bond acceptors (Lipinski definition) is 4. The van der Waals surface area contributed by atoms with E-state index < -0.39 is 5.97 Å². The molecule has 4 heteroatoms. The van der Waals surface area contributed by atoms with E-state index in [0.717, 1.165) is 0 Å². The molecule has 4 nitrogen and oxygen atoms in total. The Kier molecular flexibility index (Phi) is 6.88. The van der Waals surface area contributed by atoms with Gasteiger partial charge in [0.1, 0.15) is 0 Å². The number of hydrogen-bond donors (Lipinski definition) is 0. The van der Waals surface area contributed by atoms with E-state index in [1.807, 2.05) is 0 Å². The van der Waals surface area contributed by atoms with Gasteiger partial charge in [0, 0.05) is 13.0 Å². The van der Waals surface area contributed by atoms with Crippen LogP contribution in [0.5, 0.6) is 0 Å². The summed E-state index contributed by atoms with van der Waals surface area (Å²) in [6.45, 7) is 3.39. The number of allylic oxidation sites excluding steroid dienone is 1. The van der Waals surface area contributed by atoms with E-state index >= 15 is 0 Å². The van der Waals surface area contributed by atoms with Crippen molar-refractivity contribution in [2.45, 2.75) is 13.8 Å². The van der Waals surface area contributed by atoms with Crippen LogP contribution < -0.4 is 0 Å². The zero-order valence-electron chi connectivity index (χ0n) is 8.20. The van der Waals surface area contributed by atoms with Gasteiger partial charge in [0.05, 0.1) is 6.61 Å². The zero-order valence-corrected chi connectivity index (χ0v) is 8.20. The maximum Gasteiger partial charge on any atom is 0.331 e. The van der Waals surface area contributed by atoms with Gasteiger partial charge in [-0.1, -0.05) is 11.8 Å². The maximum absolute atomic E-state index is 10.7. The third-order valence-electron chi connectivity index (χ3n) is 1.04. The second-order valence-electron chi connectivity index (χ2n) is 2.19. The highest BCUT2D eigenvalue weighted by molar-refractivity contribution is 5.82. The molecule has 0 saturated carbocycles. The normalized spacial score (nSPS) is 9.00. The molecular weight excluding hydrogens is 184 g/mol. The van der Waals surface area contributed by atoms with Gasteiger partial charge in [0.2, 0.25) is 0 Å². The third kappa shape index (κ3) is 8.34. The van der Waals surface area contributed by atoms with Crippen molar-refractivity contribution in [1.29, 1.82) is 0 Å². The van der Waals surface area contributed by atoms with Crippen LogP contribution in [-0.2, 0) is 19.1 Å². The molecule has 0 aromatic rings. The first-order valence-corrected chi connectivity index (χ1v) is 4.12. The van der Waals surface area contributed by atoms with Crippen LogP contribution in [0.4, 0.5) is 0 Å². The number of carbonyl (C=O) groups is 2. The summed E-state index contributed by atoms with van der Waals surface area (Å²) in [6.07, 6.45) is 2.56. The Morgan fingerprint density at radius 3 is 2.64 bits per heavy atom. The zero-order chi connectivity index (χ0) is 10.8. The Balaban J connectivity index is 3.69. The molecule has 0 aromatic heterocycles. The highest BCUT2D eigenvalue weighted by Gasteiger charge is 1.90. The standard InChI is InChI=1S/C10H12O4/c1-3-13-10(12)7-5-4-6-8-14-9(2)11/h5,7H,3,8H2,1-2H3/b7-5-. The lowest BCUT2D eigenvalue weighted by molar-refractivity contribution is -0.139. The summed E-state index contributed by atoms with van der Waals surface area (Å²) in [5.41, 5.74) is 0. The molecule has 0 spiro atoms. The molecule has 0 fully saturated rings. The quantitative estimate of drug-likeness (QED) is 0.378. The highest BCUT2D eigenvalue weighted by Crippen LogP contribution is 1.80. The van der Waals surface area contributed by atoms with E-state index in [0.29, 0.717) is 6.61 Å². The average Bonchev–Trinajstić information content (AvgIpc) is 2.11. The Morgan fingerprint density at radius 1 is 1.36 bits per heavy atom. The van der Waals surface area contributed by atoms with Crippen LogP contribution in [0.25, 0.3) is 0 Å². The lowest BCUT2D eigenvalue weighted by Gasteiger charge is -1.92. The van der Waals surface area contributed by atoms with Crippen LogP contribution in [0.3, 0.4) is 0 Å². The van der Waals surface area contributed by atoms with E-state index in [2.05, 4.69) is 21.3 Å². The molecule has 0 heterocycles. The van der Waals surface area contributed by atoms with Gasteiger partial charge in [-0.05, 0) is 13.0 Å².